The zero-order valence-electron chi connectivity index (χ0n) is 22.6. The molecule has 0 spiro atoms. The Morgan fingerprint density at radius 1 is 1.10 bits per heavy atom. The summed E-state index contributed by atoms with van der Waals surface area (Å²) < 4.78 is 7.26. The molecular weight excluding hydrogens is 536 g/mol. The van der Waals surface area contributed by atoms with Gasteiger partial charge >= 0.3 is 0 Å². The zero-order valence-corrected chi connectivity index (χ0v) is 23.4. The van der Waals surface area contributed by atoms with Crippen LogP contribution in [0.5, 0.6) is 5.75 Å². The van der Waals surface area contributed by atoms with E-state index in [1.807, 2.05) is 59.2 Å². The Hall–Kier alpha value is -4.96. The first-order valence-electron chi connectivity index (χ1n) is 12.8. The topological polar surface area (TPSA) is 115 Å². The number of para-hydroxylation sites is 1. The van der Waals surface area contributed by atoms with Gasteiger partial charge in [-0.3, -0.25) is 9.36 Å². The van der Waals surface area contributed by atoms with Gasteiger partial charge < -0.3 is 15.3 Å². The van der Waals surface area contributed by atoms with Gasteiger partial charge in [-0.05, 0) is 61.0 Å². The number of ether oxygens (including phenoxy) is 1. The lowest BCUT2D eigenvalue weighted by Gasteiger charge is -2.12. The zero-order chi connectivity index (χ0) is 28.8. The highest BCUT2D eigenvalue weighted by Crippen LogP contribution is 2.33. The minimum absolute atomic E-state index is 0.141. The molecule has 0 atom stereocenters. The number of carbonyl (C=O) groups is 1. The second-order valence-electron chi connectivity index (χ2n) is 9.11. The highest BCUT2D eigenvalue weighted by Gasteiger charge is 2.19. The summed E-state index contributed by atoms with van der Waals surface area (Å²) in [6.07, 6.45) is 1.78. The molecule has 2 N–H and O–H groups in total. The number of allylic oxidation sites excluding steroid dienone is 1. The molecule has 3 aromatic carbocycles. The number of nitrogens with zero attached hydrogens (tertiary/aromatic N) is 5. The quantitative estimate of drug-likeness (QED) is 0.0674. The van der Waals surface area contributed by atoms with Crippen LogP contribution in [0.15, 0.2) is 102 Å². The molecule has 10 heteroatoms. The Morgan fingerprint density at radius 3 is 2.56 bits per heavy atom. The summed E-state index contributed by atoms with van der Waals surface area (Å²) >= 11 is 1.30. The molecule has 0 bridgehead atoms. The highest BCUT2D eigenvalue weighted by molar-refractivity contribution is 7.99. The summed E-state index contributed by atoms with van der Waals surface area (Å²) in [5, 5.41) is 25.6. The van der Waals surface area contributed by atoms with Crippen molar-refractivity contribution in [1.29, 1.82) is 0 Å². The monoisotopic (exact) mass is 564 g/mol. The van der Waals surface area contributed by atoms with Gasteiger partial charge in [-0.25, -0.2) is 4.98 Å². The molecule has 5 rings (SSSR count). The van der Waals surface area contributed by atoms with Gasteiger partial charge in [0, 0.05) is 28.7 Å². The fourth-order valence-electron chi connectivity index (χ4n) is 4.34. The van der Waals surface area contributed by atoms with Gasteiger partial charge in [0.15, 0.2) is 11.0 Å². The number of anilines is 1. The van der Waals surface area contributed by atoms with Gasteiger partial charge in [-0.2, -0.15) is 0 Å². The van der Waals surface area contributed by atoms with Crippen LogP contribution in [0.2, 0.25) is 0 Å². The van der Waals surface area contributed by atoms with E-state index in [1.165, 1.54) is 11.8 Å². The molecule has 0 radical (unpaired) electrons. The van der Waals surface area contributed by atoms with E-state index in [4.69, 9.17) is 14.9 Å². The molecule has 0 fully saturated rings. The van der Waals surface area contributed by atoms with Crippen molar-refractivity contribution in [2.24, 2.45) is 5.16 Å². The largest absolute Gasteiger partial charge is 0.497 e. The Morgan fingerprint density at radius 2 is 1.85 bits per heavy atom. The summed E-state index contributed by atoms with van der Waals surface area (Å²) in [5.41, 5.74) is 5.38. The first-order chi connectivity index (χ1) is 20.0. The van der Waals surface area contributed by atoms with Gasteiger partial charge in [0.25, 0.3) is 0 Å². The van der Waals surface area contributed by atoms with Crippen molar-refractivity contribution in [3.05, 3.63) is 97.1 Å². The first-order valence-corrected chi connectivity index (χ1v) is 13.8. The van der Waals surface area contributed by atoms with Crippen LogP contribution in [0.1, 0.15) is 12.5 Å². The third-order valence-corrected chi connectivity index (χ3v) is 7.41. The van der Waals surface area contributed by atoms with Crippen molar-refractivity contribution in [3.8, 4) is 28.4 Å². The van der Waals surface area contributed by atoms with Crippen LogP contribution in [-0.4, -0.2) is 49.4 Å². The first kappa shape index (κ1) is 27.6. The van der Waals surface area contributed by atoms with Crippen LogP contribution in [0.4, 0.5) is 5.69 Å². The van der Waals surface area contributed by atoms with Crippen LogP contribution < -0.4 is 10.1 Å². The molecule has 9 nitrogen and oxygen atoms in total. The maximum absolute atomic E-state index is 12.7. The molecule has 0 saturated heterocycles. The van der Waals surface area contributed by atoms with Crippen molar-refractivity contribution in [2.75, 3.05) is 18.2 Å². The molecule has 0 unspecified atom stereocenters. The van der Waals surface area contributed by atoms with Crippen LogP contribution in [0.25, 0.3) is 33.5 Å². The van der Waals surface area contributed by atoms with Crippen molar-refractivity contribution in [2.45, 2.75) is 18.6 Å². The summed E-state index contributed by atoms with van der Waals surface area (Å²) in [7, 11) is 1.64. The number of amides is 1. The Labute approximate surface area is 241 Å². The Kier molecular flexibility index (Phi) is 8.40. The smallest absolute Gasteiger partial charge is 0.234 e. The maximum atomic E-state index is 12.7. The van der Waals surface area contributed by atoms with E-state index in [1.54, 1.807) is 44.4 Å². The number of hydrogen-bond acceptors (Lipinski definition) is 8. The molecule has 0 saturated carbocycles. The molecule has 2 heterocycles. The van der Waals surface area contributed by atoms with Crippen LogP contribution in [0.3, 0.4) is 0 Å². The van der Waals surface area contributed by atoms with Crippen LogP contribution in [-0.2, 0) is 11.3 Å². The number of fused-ring (bicyclic) bond motifs is 1. The number of methoxy groups -OCH3 is 1. The van der Waals surface area contributed by atoms with Crippen LogP contribution >= 0.6 is 11.8 Å². The third-order valence-electron chi connectivity index (χ3n) is 6.44. The number of nitrogens with one attached hydrogen (secondary N) is 1. The van der Waals surface area contributed by atoms with Gasteiger partial charge in [0.2, 0.25) is 5.91 Å². The van der Waals surface area contributed by atoms with Gasteiger partial charge in [0.1, 0.15) is 5.75 Å². The lowest BCUT2D eigenvalue weighted by atomic mass is 10.0. The minimum Gasteiger partial charge on any atom is -0.497 e. The second-order valence-corrected chi connectivity index (χ2v) is 10.0. The van der Waals surface area contributed by atoms with E-state index in [2.05, 4.69) is 27.2 Å². The number of carbonyl (C=O) groups excluding carboxylic acids is 1. The predicted molar refractivity (Wildman–Crippen MR) is 163 cm³/mol. The fourth-order valence-corrected chi connectivity index (χ4v) is 5.09. The molecule has 2 aromatic heterocycles. The molecule has 5 aromatic rings. The fraction of sp³-hybridized carbons (Fsp3) is 0.129. The number of pyridine rings is 1. The molecular formula is C31H28N6O3S. The number of aromatic nitrogens is 4. The van der Waals surface area contributed by atoms with Crippen molar-refractivity contribution in [1.82, 2.24) is 19.7 Å². The number of hydrogen-bond donors (Lipinski definition) is 2. The lowest BCUT2D eigenvalue weighted by Crippen LogP contribution is -2.14. The minimum atomic E-state index is -0.179. The second kappa shape index (κ2) is 12.5. The number of thioether (sulfide) groups is 1. The van der Waals surface area contributed by atoms with Gasteiger partial charge in [-0.15, -0.1) is 16.8 Å². The molecule has 0 aliphatic carbocycles. The van der Waals surface area contributed by atoms with E-state index in [0.717, 1.165) is 39.0 Å². The molecule has 0 aliphatic heterocycles. The third kappa shape index (κ3) is 6.12. The normalized spacial score (nSPS) is 11.4. The predicted octanol–water partition coefficient (Wildman–Crippen LogP) is 6.28. The van der Waals surface area contributed by atoms with Crippen molar-refractivity contribution >= 4 is 40.0 Å². The summed E-state index contributed by atoms with van der Waals surface area (Å²) in [4.78, 5) is 17.6. The molecule has 1 amide bonds. The van der Waals surface area contributed by atoms with E-state index >= 15 is 0 Å². The summed E-state index contributed by atoms with van der Waals surface area (Å²) in [5.74, 6) is 1.40. The standard InChI is InChI=1S/C31H28N6O3S/c1-4-17-37-30(34-35-31(37)41-19-29(38)32-23-13-9-21(10-14-23)20(2)36-39)26-18-28(22-11-15-24(40-3)16-12-22)33-27-8-6-5-7-25(26)27/h4-16,18,39H,1,17,19H2,2-3H3,(H,32,38)/b36-20-. The van der Waals surface area contributed by atoms with Crippen molar-refractivity contribution in [3.63, 3.8) is 0 Å². The molecule has 0 aliphatic rings. The molecule has 41 heavy (non-hydrogen) atoms. The summed E-state index contributed by atoms with van der Waals surface area (Å²) in [6, 6.07) is 24.8. The van der Waals surface area contributed by atoms with Crippen molar-refractivity contribution < 1.29 is 14.7 Å². The van der Waals surface area contributed by atoms with Gasteiger partial charge in [-0.1, -0.05) is 53.3 Å². The average Bonchev–Trinajstić information content (AvgIpc) is 3.41. The van der Waals surface area contributed by atoms with E-state index in [-0.39, 0.29) is 11.7 Å². The summed E-state index contributed by atoms with van der Waals surface area (Å²) in [6.45, 7) is 6.09. The number of benzene rings is 3. The Bertz CT molecular complexity index is 1730. The SMILES string of the molecule is C=CCn1c(SCC(=O)Nc2ccc(/C(C)=N\O)cc2)nnc1-c1cc(-c2ccc(OC)cc2)nc2ccccc12. The highest BCUT2D eigenvalue weighted by atomic mass is 32.2. The van der Waals surface area contributed by atoms with E-state index in [9.17, 15) is 4.79 Å². The maximum Gasteiger partial charge on any atom is 0.234 e. The number of rotatable bonds is 10. The van der Waals surface area contributed by atoms with Crippen LogP contribution in [0, 0.1) is 0 Å². The molecule has 206 valence electrons. The average molecular weight is 565 g/mol. The lowest BCUT2D eigenvalue weighted by molar-refractivity contribution is -0.113. The number of oxime groups is 1. The van der Waals surface area contributed by atoms with E-state index < -0.39 is 0 Å². The Balaban J connectivity index is 1.42. The van der Waals surface area contributed by atoms with E-state index in [0.29, 0.717) is 28.9 Å². The van der Waals surface area contributed by atoms with Gasteiger partial charge in [0.05, 0.1) is 29.8 Å².